The first-order valence-corrected chi connectivity index (χ1v) is 11.1. The molecule has 1 heterocycles. The zero-order valence-corrected chi connectivity index (χ0v) is 19.6. The first-order valence-electron chi connectivity index (χ1n) is 11.1. The Labute approximate surface area is 197 Å². The second kappa shape index (κ2) is 7.99. The van der Waals surface area contributed by atoms with E-state index in [1.165, 1.54) is 5.57 Å². The number of hydrogen-bond donors (Lipinski definition) is 1. The third kappa shape index (κ3) is 3.14. The molecule has 0 radical (unpaired) electrons. The molecule has 0 saturated heterocycles. The Morgan fingerprint density at radius 1 is 1.06 bits per heavy atom. The lowest BCUT2D eigenvalue weighted by Gasteiger charge is -2.20. The number of nitrogens with zero attached hydrogens (tertiary/aromatic N) is 2. The van der Waals surface area contributed by atoms with E-state index in [-0.39, 0.29) is 5.56 Å². The number of amides is 1. The predicted molar refractivity (Wildman–Crippen MR) is 135 cm³/mol. The average molecular weight is 452 g/mol. The molecule has 170 valence electrons. The van der Waals surface area contributed by atoms with Crippen LogP contribution < -0.4 is 16.0 Å². The van der Waals surface area contributed by atoms with Crippen LogP contribution in [0.4, 0.5) is 0 Å². The molecule has 34 heavy (non-hydrogen) atoms. The number of para-hydroxylation sites is 1. The number of carbonyl (C=O) groups excluding carboxylic acids is 1. The molecule has 1 aromatic heterocycles. The van der Waals surface area contributed by atoms with Crippen molar-refractivity contribution in [2.75, 3.05) is 7.11 Å². The normalized spacial score (nSPS) is 12.8. The first kappa shape index (κ1) is 21.6. The monoisotopic (exact) mass is 451 g/mol. The van der Waals surface area contributed by atoms with Crippen molar-refractivity contribution in [3.8, 4) is 22.6 Å². The van der Waals surface area contributed by atoms with Crippen LogP contribution in [0.3, 0.4) is 0 Å². The van der Waals surface area contributed by atoms with E-state index in [0.717, 1.165) is 39.1 Å². The van der Waals surface area contributed by atoms with Crippen LogP contribution in [-0.4, -0.2) is 22.6 Å². The quantitative estimate of drug-likeness (QED) is 0.482. The van der Waals surface area contributed by atoms with E-state index in [1.807, 2.05) is 49.4 Å². The van der Waals surface area contributed by atoms with Crippen molar-refractivity contribution in [2.24, 2.45) is 5.73 Å². The SMILES string of the molecule is COc1cc(-c2cccc(-n3cnc4ccccc4c3=O)c2C)c2c(c1C(N)=O)CC(C)=C2C. The van der Waals surface area contributed by atoms with Crippen LogP contribution in [0.25, 0.3) is 33.3 Å². The third-order valence-electron chi connectivity index (χ3n) is 6.84. The number of primary amides is 1. The van der Waals surface area contributed by atoms with E-state index >= 15 is 0 Å². The van der Waals surface area contributed by atoms with E-state index in [4.69, 9.17) is 10.5 Å². The second-order valence-corrected chi connectivity index (χ2v) is 8.69. The Morgan fingerprint density at radius 3 is 2.56 bits per heavy atom. The van der Waals surface area contributed by atoms with Gasteiger partial charge in [0.1, 0.15) is 12.1 Å². The molecule has 1 aliphatic rings. The lowest BCUT2D eigenvalue weighted by molar-refractivity contribution is 0.0996. The van der Waals surface area contributed by atoms with Crippen LogP contribution in [0.2, 0.25) is 0 Å². The topological polar surface area (TPSA) is 87.2 Å². The van der Waals surface area contributed by atoms with Crippen LogP contribution in [-0.2, 0) is 6.42 Å². The maximum atomic E-state index is 13.3. The van der Waals surface area contributed by atoms with Gasteiger partial charge in [-0.3, -0.25) is 14.2 Å². The molecule has 1 aliphatic carbocycles. The summed E-state index contributed by atoms with van der Waals surface area (Å²) >= 11 is 0. The zero-order valence-electron chi connectivity index (χ0n) is 19.6. The summed E-state index contributed by atoms with van der Waals surface area (Å²) in [5.41, 5.74) is 14.5. The molecule has 3 aromatic carbocycles. The number of benzene rings is 3. The summed E-state index contributed by atoms with van der Waals surface area (Å²) in [6.07, 6.45) is 2.23. The molecule has 0 bridgehead atoms. The summed E-state index contributed by atoms with van der Waals surface area (Å²) in [6.45, 7) is 6.13. The third-order valence-corrected chi connectivity index (χ3v) is 6.84. The molecule has 0 fully saturated rings. The second-order valence-electron chi connectivity index (χ2n) is 8.69. The van der Waals surface area contributed by atoms with Gasteiger partial charge in [-0.05, 0) is 84.8 Å². The maximum absolute atomic E-state index is 13.3. The number of fused-ring (bicyclic) bond motifs is 2. The minimum Gasteiger partial charge on any atom is -0.496 e. The molecular formula is C28H25N3O3. The van der Waals surface area contributed by atoms with Gasteiger partial charge in [0.25, 0.3) is 11.5 Å². The highest BCUT2D eigenvalue weighted by molar-refractivity contribution is 6.03. The number of rotatable bonds is 4. The highest BCUT2D eigenvalue weighted by Gasteiger charge is 2.29. The minimum atomic E-state index is -0.499. The summed E-state index contributed by atoms with van der Waals surface area (Å²) in [6, 6.07) is 15.1. The van der Waals surface area contributed by atoms with Gasteiger partial charge in [-0.2, -0.15) is 0 Å². The van der Waals surface area contributed by atoms with Gasteiger partial charge in [-0.25, -0.2) is 4.98 Å². The summed E-state index contributed by atoms with van der Waals surface area (Å²) in [5, 5.41) is 0.567. The number of allylic oxidation sites excluding steroid dienone is 2. The van der Waals surface area contributed by atoms with Crippen molar-refractivity contribution in [3.63, 3.8) is 0 Å². The zero-order chi connectivity index (χ0) is 24.1. The lowest BCUT2D eigenvalue weighted by Crippen LogP contribution is -2.20. The van der Waals surface area contributed by atoms with Gasteiger partial charge < -0.3 is 10.5 Å². The van der Waals surface area contributed by atoms with Crippen LogP contribution in [0.15, 0.2) is 65.2 Å². The highest BCUT2D eigenvalue weighted by Crippen LogP contribution is 2.45. The Kier molecular flexibility index (Phi) is 5.09. The minimum absolute atomic E-state index is 0.121. The summed E-state index contributed by atoms with van der Waals surface area (Å²) < 4.78 is 7.19. The van der Waals surface area contributed by atoms with Crippen LogP contribution in [0, 0.1) is 6.92 Å². The van der Waals surface area contributed by atoms with E-state index in [0.29, 0.717) is 28.6 Å². The molecule has 0 unspecified atom stereocenters. The Balaban J connectivity index is 1.79. The molecule has 0 spiro atoms. The molecular weight excluding hydrogens is 426 g/mol. The fraction of sp³-hybridized carbons (Fsp3) is 0.179. The number of hydrogen-bond acceptors (Lipinski definition) is 4. The molecule has 0 saturated carbocycles. The van der Waals surface area contributed by atoms with Gasteiger partial charge >= 0.3 is 0 Å². The van der Waals surface area contributed by atoms with E-state index in [9.17, 15) is 9.59 Å². The molecule has 1 amide bonds. The van der Waals surface area contributed by atoms with Crippen molar-refractivity contribution in [3.05, 3.63) is 93.0 Å². The largest absolute Gasteiger partial charge is 0.496 e. The van der Waals surface area contributed by atoms with Crippen molar-refractivity contribution >= 4 is 22.4 Å². The van der Waals surface area contributed by atoms with E-state index in [2.05, 4.69) is 18.8 Å². The van der Waals surface area contributed by atoms with E-state index < -0.39 is 5.91 Å². The summed E-state index contributed by atoms with van der Waals surface area (Å²) in [7, 11) is 1.55. The molecule has 6 nitrogen and oxygen atoms in total. The molecule has 0 aliphatic heterocycles. The molecule has 4 aromatic rings. The first-order chi connectivity index (χ1) is 16.3. The fourth-order valence-corrected chi connectivity index (χ4v) is 4.99. The Hall–Kier alpha value is -4.19. The number of methoxy groups -OCH3 is 1. The fourth-order valence-electron chi connectivity index (χ4n) is 4.99. The molecule has 5 rings (SSSR count). The maximum Gasteiger partial charge on any atom is 0.265 e. The number of nitrogens with two attached hydrogens (primary N) is 1. The van der Waals surface area contributed by atoms with Gasteiger partial charge in [0.05, 0.1) is 29.3 Å². The van der Waals surface area contributed by atoms with Crippen molar-refractivity contribution in [2.45, 2.75) is 27.2 Å². The highest BCUT2D eigenvalue weighted by atomic mass is 16.5. The lowest BCUT2D eigenvalue weighted by atomic mass is 9.88. The predicted octanol–water partition coefficient (Wildman–Crippen LogP) is 4.82. The van der Waals surface area contributed by atoms with Gasteiger partial charge in [0.15, 0.2) is 0 Å². The smallest absolute Gasteiger partial charge is 0.265 e. The molecule has 0 atom stereocenters. The van der Waals surface area contributed by atoms with Crippen molar-refractivity contribution in [1.82, 2.24) is 9.55 Å². The van der Waals surface area contributed by atoms with Gasteiger partial charge in [0.2, 0.25) is 0 Å². The summed E-state index contributed by atoms with van der Waals surface area (Å²) in [4.78, 5) is 30.1. The standard InChI is InChI=1S/C28H25N3O3/c1-15-12-21-25(16(15)2)20(13-24(34-4)26(21)27(29)32)18-9-7-11-23(17(18)3)31-14-30-22-10-6-5-8-19(22)28(31)33/h5-11,13-14H,12H2,1-4H3,(H2,29,32). The number of aromatic nitrogens is 2. The number of ether oxygens (including phenoxy) is 1. The van der Waals surface area contributed by atoms with Crippen LogP contribution in [0.5, 0.6) is 5.75 Å². The molecule has 6 heteroatoms. The van der Waals surface area contributed by atoms with Crippen LogP contribution >= 0.6 is 0 Å². The van der Waals surface area contributed by atoms with Crippen molar-refractivity contribution < 1.29 is 9.53 Å². The van der Waals surface area contributed by atoms with Gasteiger partial charge in [-0.1, -0.05) is 29.8 Å². The van der Waals surface area contributed by atoms with E-state index in [1.54, 1.807) is 24.1 Å². The van der Waals surface area contributed by atoms with Crippen LogP contribution in [0.1, 0.15) is 40.9 Å². The van der Waals surface area contributed by atoms with Gasteiger partial charge in [0, 0.05) is 0 Å². The average Bonchev–Trinajstić information content (AvgIpc) is 3.12. The molecule has 2 N–H and O–H groups in total. The van der Waals surface area contributed by atoms with Crippen molar-refractivity contribution in [1.29, 1.82) is 0 Å². The summed E-state index contributed by atoms with van der Waals surface area (Å²) in [5.74, 6) is -0.0421. The number of carbonyl (C=O) groups is 1. The van der Waals surface area contributed by atoms with Gasteiger partial charge in [-0.15, -0.1) is 0 Å². The Morgan fingerprint density at radius 2 is 1.82 bits per heavy atom. The Bertz CT molecular complexity index is 1600.